The van der Waals surface area contributed by atoms with E-state index in [0.717, 1.165) is 5.56 Å². The number of hydrogen-bond donors (Lipinski definition) is 3. The van der Waals surface area contributed by atoms with E-state index in [1.54, 1.807) is 54.6 Å². The molecule has 0 radical (unpaired) electrons. The summed E-state index contributed by atoms with van der Waals surface area (Å²) in [6, 6.07) is 23.7. The van der Waals surface area contributed by atoms with Gasteiger partial charge >= 0.3 is 12.0 Å². The minimum Gasteiger partial charge on any atom is -0.478 e. The van der Waals surface area contributed by atoms with Gasteiger partial charge in [0.15, 0.2) is 5.75 Å². The Morgan fingerprint density at radius 2 is 1.47 bits per heavy atom. The van der Waals surface area contributed by atoms with Crippen molar-refractivity contribution in [3.63, 3.8) is 0 Å². The highest BCUT2D eigenvalue weighted by Gasteiger charge is 2.21. The first-order chi connectivity index (χ1) is 18.0. The third-order valence-corrected chi connectivity index (χ3v) is 6.35. The monoisotopic (exact) mass is 548 g/mol. The van der Waals surface area contributed by atoms with Crippen molar-refractivity contribution in [2.45, 2.75) is 26.2 Å². The lowest BCUT2D eigenvalue weighted by atomic mass is 9.86. The normalized spacial score (nSPS) is 11.1. The Kier molecular flexibility index (Phi) is 7.95. The van der Waals surface area contributed by atoms with Crippen LogP contribution in [0.3, 0.4) is 0 Å². The number of rotatable bonds is 6. The molecule has 0 heterocycles. The second-order valence-corrected chi connectivity index (χ2v) is 10.5. The molecule has 0 spiro atoms. The number of carbonyl (C=O) groups excluding carboxylic acids is 1. The van der Waals surface area contributed by atoms with E-state index < -0.39 is 12.0 Å². The quantitative estimate of drug-likeness (QED) is 0.224. The lowest BCUT2D eigenvalue weighted by Crippen LogP contribution is -2.20. The van der Waals surface area contributed by atoms with Gasteiger partial charge in [-0.15, -0.1) is 0 Å². The van der Waals surface area contributed by atoms with Gasteiger partial charge < -0.3 is 20.5 Å². The Morgan fingerprint density at radius 3 is 2.18 bits per heavy atom. The molecule has 0 aliphatic rings. The summed E-state index contributed by atoms with van der Waals surface area (Å²) in [5.74, 6) is -0.0986. The Balaban J connectivity index is 1.77. The summed E-state index contributed by atoms with van der Waals surface area (Å²) in [5, 5.41) is 16.0. The summed E-state index contributed by atoms with van der Waals surface area (Å²) < 4.78 is 6.32. The number of halogens is 2. The Hall–Kier alpha value is -4.00. The van der Waals surface area contributed by atoms with E-state index >= 15 is 0 Å². The number of amides is 2. The standard InChI is InChI=1S/C30H26Cl2N2O4/c1-30(2,3)22-8-4-7-11-26(22)38-27-15-12-18(20-14-13-19(31)17-21(20)28(35)36)16-25(27)34-29(37)33-24-10-6-5-9-23(24)32/h4-17H,1-3H3,(H,35,36)(H2,33,34,37). The number of carbonyl (C=O) groups is 2. The van der Waals surface area contributed by atoms with Crippen LogP contribution in [0, 0.1) is 0 Å². The molecule has 6 nitrogen and oxygen atoms in total. The topological polar surface area (TPSA) is 87.7 Å². The molecule has 0 aliphatic heterocycles. The van der Waals surface area contributed by atoms with Gasteiger partial charge in [0, 0.05) is 10.6 Å². The first-order valence-corrected chi connectivity index (χ1v) is 12.6. The zero-order valence-corrected chi connectivity index (χ0v) is 22.5. The van der Waals surface area contributed by atoms with Crippen molar-refractivity contribution in [3.05, 3.63) is 106 Å². The first-order valence-electron chi connectivity index (χ1n) is 11.8. The predicted molar refractivity (Wildman–Crippen MR) is 153 cm³/mol. The molecule has 194 valence electrons. The zero-order valence-electron chi connectivity index (χ0n) is 21.0. The van der Waals surface area contributed by atoms with Crippen LogP contribution >= 0.6 is 23.2 Å². The number of aromatic carboxylic acids is 1. The molecule has 0 aliphatic carbocycles. The minimum absolute atomic E-state index is 0.0377. The fraction of sp³-hybridized carbons (Fsp3) is 0.133. The second kappa shape index (κ2) is 11.2. The van der Waals surface area contributed by atoms with Crippen molar-refractivity contribution in [3.8, 4) is 22.6 Å². The maximum Gasteiger partial charge on any atom is 0.336 e. The van der Waals surface area contributed by atoms with E-state index in [0.29, 0.717) is 44.0 Å². The molecule has 38 heavy (non-hydrogen) atoms. The van der Waals surface area contributed by atoms with Crippen LogP contribution in [0.1, 0.15) is 36.7 Å². The number of ether oxygens (including phenoxy) is 1. The minimum atomic E-state index is -1.12. The average Bonchev–Trinajstić information content (AvgIpc) is 2.86. The molecular formula is C30H26Cl2N2O4. The molecule has 0 saturated heterocycles. The molecule has 0 fully saturated rings. The van der Waals surface area contributed by atoms with Gasteiger partial charge in [0.2, 0.25) is 0 Å². The highest BCUT2D eigenvalue weighted by Crippen LogP contribution is 2.39. The Labute approximate surface area is 231 Å². The van der Waals surface area contributed by atoms with Crippen molar-refractivity contribution in [2.24, 2.45) is 0 Å². The number of hydrogen-bond acceptors (Lipinski definition) is 3. The number of anilines is 2. The van der Waals surface area contributed by atoms with Gasteiger partial charge in [-0.05, 0) is 59.0 Å². The maximum atomic E-state index is 13.0. The maximum absolute atomic E-state index is 13.0. The van der Waals surface area contributed by atoms with E-state index in [4.69, 9.17) is 27.9 Å². The number of carboxylic acids is 1. The molecule has 3 N–H and O–H groups in total. The van der Waals surface area contributed by atoms with Crippen LogP contribution in [0.4, 0.5) is 16.2 Å². The van der Waals surface area contributed by atoms with Crippen molar-refractivity contribution in [1.29, 1.82) is 0 Å². The summed E-state index contributed by atoms with van der Waals surface area (Å²) in [6.07, 6.45) is 0. The molecule has 2 amide bonds. The highest BCUT2D eigenvalue weighted by atomic mass is 35.5. The number of nitrogens with one attached hydrogen (secondary N) is 2. The van der Waals surface area contributed by atoms with E-state index in [9.17, 15) is 14.7 Å². The van der Waals surface area contributed by atoms with E-state index in [1.165, 1.54) is 6.07 Å². The molecule has 0 bridgehead atoms. The Morgan fingerprint density at radius 1 is 0.789 bits per heavy atom. The first kappa shape index (κ1) is 27.0. The van der Waals surface area contributed by atoms with Crippen LogP contribution in [0.5, 0.6) is 11.5 Å². The third kappa shape index (κ3) is 6.28. The molecule has 0 saturated carbocycles. The average molecular weight is 549 g/mol. The second-order valence-electron chi connectivity index (χ2n) is 9.61. The smallest absolute Gasteiger partial charge is 0.336 e. The van der Waals surface area contributed by atoms with Gasteiger partial charge in [0.25, 0.3) is 0 Å². The largest absolute Gasteiger partial charge is 0.478 e. The van der Waals surface area contributed by atoms with Crippen LogP contribution < -0.4 is 15.4 Å². The summed E-state index contributed by atoms with van der Waals surface area (Å²) in [7, 11) is 0. The summed E-state index contributed by atoms with van der Waals surface area (Å²) in [4.78, 5) is 24.9. The van der Waals surface area contributed by atoms with Crippen molar-refractivity contribution in [1.82, 2.24) is 0 Å². The van der Waals surface area contributed by atoms with E-state index in [2.05, 4.69) is 31.4 Å². The van der Waals surface area contributed by atoms with Crippen LogP contribution in [-0.2, 0) is 5.41 Å². The molecular weight excluding hydrogens is 523 g/mol. The van der Waals surface area contributed by atoms with Crippen LogP contribution in [0.15, 0.2) is 84.9 Å². The molecule has 0 atom stereocenters. The molecule has 8 heteroatoms. The summed E-state index contributed by atoms with van der Waals surface area (Å²) in [5.41, 5.74) is 2.61. The lowest BCUT2D eigenvalue weighted by Gasteiger charge is -2.23. The van der Waals surface area contributed by atoms with Crippen molar-refractivity contribution in [2.75, 3.05) is 10.6 Å². The third-order valence-electron chi connectivity index (χ3n) is 5.79. The van der Waals surface area contributed by atoms with Crippen LogP contribution in [-0.4, -0.2) is 17.1 Å². The van der Waals surface area contributed by atoms with Gasteiger partial charge in [-0.25, -0.2) is 9.59 Å². The van der Waals surface area contributed by atoms with Gasteiger partial charge in [0.05, 0.1) is 22.0 Å². The van der Waals surface area contributed by atoms with Crippen LogP contribution in [0.25, 0.3) is 11.1 Å². The van der Waals surface area contributed by atoms with Gasteiger partial charge in [0.1, 0.15) is 5.75 Å². The zero-order chi connectivity index (χ0) is 27.4. The van der Waals surface area contributed by atoms with Crippen LogP contribution in [0.2, 0.25) is 10.0 Å². The van der Waals surface area contributed by atoms with E-state index in [-0.39, 0.29) is 11.0 Å². The fourth-order valence-electron chi connectivity index (χ4n) is 3.96. The van der Waals surface area contributed by atoms with Gasteiger partial charge in [-0.1, -0.05) is 86.4 Å². The van der Waals surface area contributed by atoms with E-state index in [1.807, 2.05) is 24.3 Å². The molecule has 4 aromatic carbocycles. The summed E-state index contributed by atoms with van der Waals surface area (Å²) >= 11 is 12.2. The lowest BCUT2D eigenvalue weighted by molar-refractivity contribution is 0.0697. The van der Waals surface area contributed by atoms with Crippen molar-refractivity contribution >= 4 is 46.6 Å². The molecule has 4 aromatic rings. The predicted octanol–water partition coefficient (Wildman–Crippen LogP) is 9.09. The number of carboxylic acid groups (broad SMARTS) is 1. The fourth-order valence-corrected chi connectivity index (χ4v) is 4.32. The highest BCUT2D eigenvalue weighted by molar-refractivity contribution is 6.33. The Bertz CT molecular complexity index is 1510. The number of para-hydroxylation sites is 2. The van der Waals surface area contributed by atoms with Gasteiger partial charge in [-0.3, -0.25) is 0 Å². The molecule has 0 aromatic heterocycles. The molecule has 4 rings (SSSR count). The number of urea groups is 1. The molecule has 0 unspecified atom stereocenters. The van der Waals surface area contributed by atoms with Crippen molar-refractivity contribution < 1.29 is 19.4 Å². The van der Waals surface area contributed by atoms with Gasteiger partial charge in [-0.2, -0.15) is 0 Å². The summed E-state index contributed by atoms with van der Waals surface area (Å²) in [6.45, 7) is 6.26. The number of benzene rings is 4. The SMILES string of the molecule is CC(C)(C)c1ccccc1Oc1ccc(-c2ccc(Cl)cc2C(=O)O)cc1NC(=O)Nc1ccccc1Cl.